The van der Waals surface area contributed by atoms with Gasteiger partial charge in [0.1, 0.15) is 30.2 Å². The molecule has 11 nitrogen and oxygen atoms in total. The number of rotatable bonds is 6. The number of nitrogen functional groups attached to an aromatic ring is 1. The zero-order chi connectivity index (χ0) is 17.3. The second-order valence-corrected chi connectivity index (χ2v) is 5.76. The quantitative estimate of drug-likeness (QED) is 0.427. The van der Waals surface area contributed by atoms with Crippen molar-refractivity contribution in [2.45, 2.75) is 24.5 Å². The Morgan fingerprint density at radius 2 is 2.12 bits per heavy atom. The van der Waals surface area contributed by atoms with Crippen LogP contribution in [-0.2, 0) is 9.57 Å². The van der Waals surface area contributed by atoms with Crippen LogP contribution < -0.4 is 11.6 Å². The van der Waals surface area contributed by atoms with Crippen molar-refractivity contribution in [3.63, 3.8) is 0 Å². The molecule has 2 unspecified atom stereocenters. The molecule has 3 heterocycles. The summed E-state index contributed by atoms with van der Waals surface area (Å²) in [6, 6.07) is 0. The normalized spacial score (nSPS) is 27.4. The van der Waals surface area contributed by atoms with E-state index in [2.05, 4.69) is 19.8 Å². The maximum Gasteiger partial charge on any atom is 0.167 e. The van der Waals surface area contributed by atoms with Crippen LogP contribution in [0.15, 0.2) is 12.7 Å². The average Bonchev–Trinajstić information content (AvgIpc) is 3.10. The molecule has 4 atom stereocenters. The van der Waals surface area contributed by atoms with E-state index in [1.54, 1.807) is 4.57 Å². The number of aromatic nitrogens is 4. The first-order valence-electron chi connectivity index (χ1n) is 7.47. The minimum Gasteiger partial charge on any atom is -0.387 e. The molecule has 0 aliphatic carbocycles. The van der Waals surface area contributed by atoms with Gasteiger partial charge in [0.05, 0.1) is 12.9 Å². The third kappa shape index (κ3) is 3.05. The van der Waals surface area contributed by atoms with Crippen LogP contribution in [0.2, 0.25) is 0 Å². The van der Waals surface area contributed by atoms with E-state index in [0.29, 0.717) is 30.9 Å². The number of ether oxygens (including phenoxy) is 1. The molecule has 24 heavy (non-hydrogen) atoms. The molecule has 1 aliphatic heterocycles. The first-order chi connectivity index (χ1) is 11.5. The van der Waals surface area contributed by atoms with Crippen molar-refractivity contribution in [3.8, 4) is 0 Å². The Hall–Kier alpha value is -1.89. The van der Waals surface area contributed by atoms with Gasteiger partial charge in [-0.15, -0.1) is 0 Å². The highest BCUT2D eigenvalue weighted by Crippen LogP contribution is 2.32. The van der Waals surface area contributed by atoms with E-state index in [1.165, 1.54) is 12.7 Å². The van der Waals surface area contributed by atoms with Gasteiger partial charge in [0.2, 0.25) is 0 Å². The first kappa shape index (κ1) is 17.0. The minimum atomic E-state index is -1.12. The van der Waals surface area contributed by atoms with Crippen LogP contribution in [0.5, 0.6) is 0 Å². The van der Waals surface area contributed by atoms with Crippen molar-refractivity contribution >= 4 is 17.0 Å². The van der Waals surface area contributed by atoms with Gasteiger partial charge in [0.15, 0.2) is 17.7 Å². The van der Waals surface area contributed by atoms with Gasteiger partial charge < -0.3 is 30.4 Å². The highest BCUT2D eigenvalue weighted by molar-refractivity contribution is 5.81. The molecule has 0 amide bonds. The predicted molar refractivity (Wildman–Crippen MR) is 83.3 cm³/mol. The zero-order valence-electron chi connectivity index (χ0n) is 13.2. The van der Waals surface area contributed by atoms with E-state index < -0.39 is 24.5 Å². The van der Waals surface area contributed by atoms with Gasteiger partial charge in [-0.1, -0.05) is 0 Å². The molecule has 11 heteroatoms. The third-order valence-corrected chi connectivity index (χ3v) is 4.08. The second-order valence-electron chi connectivity index (χ2n) is 5.76. The van der Waals surface area contributed by atoms with Gasteiger partial charge in [0, 0.05) is 13.1 Å². The topological polar surface area (TPSA) is 158 Å². The summed E-state index contributed by atoms with van der Waals surface area (Å²) in [5, 5.41) is 20.6. The lowest BCUT2D eigenvalue weighted by atomic mass is 10.1. The molecule has 0 saturated carbocycles. The number of hydrogen-bond donors (Lipinski definition) is 4. The van der Waals surface area contributed by atoms with Gasteiger partial charge in [-0.25, -0.2) is 20.8 Å². The molecule has 0 bridgehead atoms. The highest BCUT2D eigenvalue weighted by Gasteiger charge is 2.44. The summed E-state index contributed by atoms with van der Waals surface area (Å²) in [6.45, 7) is 1.33. The number of nitrogens with two attached hydrogens (primary N) is 2. The fraction of sp³-hybridized carbons (Fsp3) is 0.615. The van der Waals surface area contributed by atoms with E-state index in [9.17, 15) is 10.2 Å². The molecule has 0 aromatic carbocycles. The SMILES string of the molecule is CN(CCON)C[C@H]1O[C@@H](n2cnc3c(N)ncnc32)C(O)C1O. The Balaban J connectivity index is 1.78. The smallest absolute Gasteiger partial charge is 0.167 e. The van der Waals surface area contributed by atoms with Crippen LogP contribution in [0.3, 0.4) is 0 Å². The molecule has 6 N–H and O–H groups in total. The zero-order valence-corrected chi connectivity index (χ0v) is 13.2. The van der Waals surface area contributed by atoms with E-state index in [1.807, 2.05) is 11.9 Å². The number of aliphatic hydroxyl groups excluding tert-OH is 2. The van der Waals surface area contributed by atoms with Crippen molar-refractivity contribution in [1.82, 2.24) is 24.4 Å². The molecule has 1 aliphatic rings. The van der Waals surface area contributed by atoms with Crippen molar-refractivity contribution in [2.75, 3.05) is 32.5 Å². The highest BCUT2D eigenvalue weighted by atomic mass is 16.6. The minimum absolute atomic E-state index is 0.241. The number of aliphatic hydroxyl groups is 2. The van der Waals surface area contributed by atoms with E-state index in [-0.39, 0.29) is 5.82 Å². The fourth-order valence-electron chi connectivity index (χ4n) is 2.77. The van der Waals surface area contributed by atoms with Gasteiger partial charge in [-0.3, -0.25) is 4.57 Å². The standard InChI is InChI=1S/C13H21N7O4/c1-19(2-3-23-15)4-7-9(21)10(22)13(24-7)20-6-18-8-11(14)16-5-17-12(8)20/h5-7,9-10,13,21-22H,2-4,15H2,1H3,(H2,14,16,17)/t7-,9?,10?,13-/m1/s1. The monoisotopic (exact) mass is 339 g/mol. The Morgan fingerprint density at radius 1 is 1.33 bits per heavy atom. The van der Waals surface area contributed by atoms with Gasteiger partial charge >= 0.3 is 0 Å². The van der Waals surface area contributed by atoms with Crippen LogP contribution >= 0.6 is 0 Å². The van der Waals surface area contributed by atoms with Gasteiger partial charge in [-0.05, 0) is 7.05 Å². The number of nitrogens with zero attached hydrogens (tertiary/aromatic N) is 5. The largest absolute Gasteiger partial charge is 0.387 e. The Labute approximate surface area is 137 Å². The number of fused-ring (bicyclic) bond motifs is 1. The Bertz CT molecular complexity index is 696. The molecule has 132 valence electrons. The number of likely N-dealkylation sites (N-methyl/N-ethyl adjacent to an activating group) is 1. The van der Waals surface area contributed by atoms with Crippen LogP contribution in [-0.4, -0.2) is 79.7 Å². The summed E-state index contributed by atoms with van der Waals surface area (Å²) in [4.78, 5) is 18.6. The molecule has 2 aromatic heterocycles. The number of imidazole rings is 1. The van der Waals surface area contributed by atoms with Crippen molar-refractivity contribution in [3.05, 3.63) is 12.7 Å². The van der Waals surface area contributed by atoms with Crippen molar-refractivity contribution in [2.24, 2.45) is 5.90 Å². The summed E-state index contributed by atoms with van der Waals surface area (Å²) in [6.07, 6.45) is -0.792. The van der Waals surface area contributed by atoms with Crippen LogP contribution in [0.1, 0.15) is 6.23 Å². The van der Waals surface area contributed by atoms with Crippen LogP contribution in [0.25, 0.3) is 11.2 Å². The Morgan fingerprint density at radius 3 is 2.88 bits per heavy atom. The lowest BCUT2D eigenvalue weighted by Gasteiger charge is -2.22. The summed E-state index contributed by atoms with van der Waals surface area (Å²) < 4.78 is 7.38. The molecule has 1 fully saturated rings. The van der Waals surface area contributed by atoms with Crippen molar-refractivity contribution < 1.29 is 19.8 Å². The van der Waals surface area contributed by atoms with E-state index in [0.717, 1.165) is 0 Å². The lowest BCUT2D eigenvalue weighted by Crippen LogP contribution is -2.39. The second kappa shape index (κ2) is 6.93. The summed E-state index contributed by atoms with van der Waals surface area (Å²) in [5.41, 5.74) is 6.62. The fourth-order valence-corrected chi connectivity index (χ4v) is 2.77. The molecule has 3 rings (SSSR count). The molecular weight excluding hydrogens is 318 g/mol. The van der Waals surface area contributed by atoms with E-state index >= 15 is 0 Å². The summed E-state index contributed by atoms with van der Waals surface area (Å²) >= 11 is 0. The first-order valence-corrected chi connectivity index (χ1v) is 7.47. The maximum atomic E-state index is 10.4. The molecular formula is C13H21N7O4. The van der Waals surface area contributed by atoms with Crippen molar-refractivity contribution in [1.29, 1.82) is 0 Å². The summed E-state index contributed by atoms with van der Waals surface area (Å²) in [5.74, 6) is 5.25. The Kier molecular flexibility index (Phi) is 4.89. The number of anilines is 1. The predicted octanol–water partition coefficient (Wildman–Crippen LogP) is -2.15. The molecule has 1 saturated heterocycles. The summed E-state index contributed by atoms with van der Waals surface area (Å²) in [7, 11) is 1.84. The van der Waals surface area contributed by atoms with Crippen LogP contribution in [0.4, 0.5) is 5.82 Å². The van der Waals surface area contributed by atoms with Gasteiger partial charge in [-0.2, -0.15) is 0 Å². The lowest BCUT2D eigenvalue weighted by molar-refractivity contribution is -0.0436. The molecule has 0 radical (unpaired) electrons. The van der Waals surface area contributed by atoms with Gasteiger partial charge in [0.25, 0.3) is 0 Å². The third-order valence-electron chi connectivity index (χ3n) is 4.08. The van der Waals surface area contributed by atoms with Crippen LogP contribution in [0, 0.1) is 0 Å². The molecule has 0 spiro atoms. The van der Waals surface area contributed by atoms with E-state index in [4.69, 9.17) is 16.4 Å². The maximum absolute atomic E-state index is 10.4. The average molecular weight is 339 g/mol. The number of hydrogen-bond acceptors (Lipinski definition) is 10. The molecule has 2 aromatic rings.